The fourth-order valence-corrected chi connectivity index (χ4v) is 2.79. The summed E-state index contributed by atoms with van der Waals surface area (Å²) in [5, 5.41) is 0. The van der Waals surface area contributed by atoms with Crippen LogP contribution in [0.4, 0.5) is 0 Å². The van der Waals surface area contributed by atoms with Gasteiger partial charge in [0.05, 0.1) is 18.3 Å². The zero-order valence-corrected chi connectivity index (χ0v) is 9.63. The van der Waals surface area contributed by atoms with Gasteiger partial charge < -0.3 is 9.47 Å². The SMILES string of the molecule is CCO[C@@H]1CC[C@@H]2O[C@@H]2CC[C@H]1Br. The first-order chi connectivity index (χ1) is 6.31. The first-order valence-corrected chi connectivity index (χ1v) is 6.14. The van der Waals surface area contributed by atoms with E-state index in [4.69, 9.17) is 9.47 Å². The molecule has 13 heavy (non-hydrogen) atoms. The summed E-state index contributed by atoms with van der Waals surface area (Å²) < 4.78 is 11.2. The second-order valence-electron chi connectivity index (χ2n) is 3.88. The summed E-state index contributed by atoms with van der Waals surface area (Å²) >= 11 is 3.71. The molecule has 1 aliphatic carbocycles. The van der Waals surface area contributed by atoms with Crippen LogP contribution in [0, 0.1) is 0 Å². The summed E-state index contributed by atoms with van der Waals surface area (Å²) in [4.78, 5) is 0.526. The molecule has 1 saturated heterocycles. The molecule has 0 aromatic carbocycles. The van der Waals surface area contributed by atoms with Crippen molar-refractivity contribution in [2.45, 2.75) is 55.7 Å². The fraction of sp³-hybridized carbons (Fsp3) is 1.00. The Kier molecular flexibility index (Phi) is 3.27. The van der Waals surface area contributed by atoms with E-state index in [0.717, 1.165) is 13.0 Å². The number of epoxide rings is 1. The van der Waals surface area contributed by atoms with Crippen LogP contribution < -0.4 is 0 Å². The molecule has 2 rings (SSSR count). The number of alkyl halides is 1. The Hall–Kier alpha value is 0.400. The molecule has 2 nitrogen and oxygen atoms in total. The van der Waals surface area contributed by atoms with Crippen molar-refractivity contribution in [2.75, 3.05) is 6.61 Å². The van der Waals surface area contributed by atoms with Crippen LogP contribution in [0.5, 0.6) is 0 Å². The number of fused-ring (bicyclic) bond motifs is 1. The Labute approximate surface area is 88.1 Å². The Bertz CT molecular complexity index is 174. The smallest absolute Gasteiger partial charge is 0.0842 e. The van der Waals surface area contributed by atoms with Gasteiger partial charge in [0.2, 0.25) is 0 Å². The molecule has 2 aliphatic rings. The number of halogens is 1. The summed E-state index contributed by atoms with van der Waals surface area (Å²) in [5.41, 5.74) is 0. The lowest BCUT2D eigenvalue weighted by Crippen LogP contribution is -2.27. The van der Waals surface area contributed by atoms with E-state index in [0.29, 0.717) is 23.1 Å². The van der Waals surface area contributed by atoms with E-state index in [1.807, 2.05) is 0 Å². The van der Waals surface area contributed by atoms with Crippen LogP contribution in [0.3, 0.4) is 0 Å². The first-order valence-electron chi connectivity index (χ1n) is 5.22. The van der Waals surface area contributed by atoms with Crippen molar-refractivity contribution in [3.05, 3.63) is 0 Å². The van der Waals surface area contributed by atoms with Crippen molar-refractivity contribution in [1.29, 1.82) is 0 Å². The molecule has 0 unspecified atom stereocenters. The van der Waals surface area contributed by atoms with Crippen LogP contribution in [-0.2, 0) is 9.47 Å². The highest BCUT2D eigenvalue weighted by Crippen LogP contribution is 2.36. The highest BCUT2D eigenvalue weighted by atomic mass is 79.9. The maximum Gasteiger partial charge on any atom is 0.0842 e. The third kappa shape index (κ3) is 2.45. The zero-order valence-electron chi connectivity index (χ0n) is 8.04. The van der Waals surface area contributed by atoms with Gasteiger partial charge in [-0.05, 0) is 32.6 Å². The van der Waals surface area contributed by atoms with Gasteiger partial charge in [-0.1, -0.05) is 15.9 Å². The van der Waals surface area contributed by atoms with Crippen LogP contribution in [0.2, 0.25) is 0 Å². The molecule has 2 fully saturated rings. The molecule has 3 heteroatoms. The van der Waals surface area contributed by atoms with E-state index >= 15 is 0 Å². The van der Waals surface area contributed by atoms with Gasteiger partial charge >= 0.3 is 0 Å². The molecule has 4 atom stereocenters. The third-order valence-electron chi connectivity index (χ3n) is 2.93. The normalized spacial score (nSPS) is 44.8. The lowest BCUT2D eigenvalue weighted by molar-refractivity contribution is 0.0512. The van der Waals surface area contributed by atoms with Gasteiger partial charge in [0.25, 0.3) is 0 Å². The van der Waals surface area contributed by atoms with Crippen LogP contribution in [-0.4, -0.2) is 29.7 Å². The molecule has 1 saturated carbocycles. The molecule has 1 aliphatic heterocycles. The summed E-state index contributed by atoms with van der Waals surface area (Å²) in [5.74, 6) is 0. The van der Waals surface area contributed by atoms with Gasteiger partial charge in [-0.3, -0.25) is 0 Å². The van der Waals surface area contributed by atoms with Gasteiger partial charge in [-0.25, -0.2) is 0 Å². The van der Waals surface area contributed by atoms with Gasteiger partial charge in [0.15, 0.2) is 0 Å². The zero-order chi connectivity index (χ0) is 9.26. The van der Waals surface area contributed by atoms with E-state index in [1.54, 1.807) is 0 Å². The number of ether oxygens (including phenoxy) is 2. The molecule has 0 spiro atoms. The molecule has 0 radical (unpaired) electrons. The number of rotatable bonds is 2. The van der Waals surface area contributed by atoms with Crippen molar-refractivity contribution in [3.63, 3.8) is 0 Å². The summed E-state index contributed by atoms with van der Waals surface area (Å²) in [6.45, 7) is 2.89. The first kappa shape index (κ1) is 9.94. The van der Waals surface area contributed by atoms with Gasteiger partial charge in [-0.15, -0.1) is 0 Å². The quantitative estimate of drug-likeness (QED) is 0.554. The molecule has 76 valence electrons. The van der Waals surface area contributed by atoms with Crippen LogP contribution in [0.15, 0.2) is 0 Å². The predicted octanol–water partition coefficient (Wildman–Crippen LogP) is 2.50. The van der Waals surface area contributed by atoms with Crippen molar-refractivity contribution >= 4 is 15.9 Å². The van der Waals surface area contributed by atoms with Crippen LogP contribution >= 0.6 is 15.9 Å². The minimum atomic E-state index is 0.398. The monoisotopic (exact) mass is 248 g/mol. The Balaban J connectivity index is 1.85. The molecule has 1 heterocycles. The summed E-state index contributed by atoms with van der Waals surface area (Å²) in [6, 6.07) is 0. The third-order valence-corrected chi connectivity index (χ3v) is 3.98. The molecule has 0 aromatic rings. The predicted molar refractivity (Wildman–Crippen MR) is 55.3 cm³/mol. The van der Waals surface area contributed by atoms with E-state index in [2.05, 4.69) is 22.9 Å². The van der Waals surface area contributed by atoms with Gasteiger partial charge in [0, 0.05) is 11.4 Å². The van der Waals surface area contributed by atoms with E-state index in [9.17, 15) is 0 Å². The Morgan fingerprint density at radius 3 is 2.62 bits per heavy atom. The number of hydrogen-bond donors (Lipinski definition) is 0. The van der Waals surface area contributed by atoms with E-state index in [-0.39, 0.29) is 0 Å². The largest absolute Gasteiger partial charge is 0.377 e. The second-order valence-corrected chi connectivity index (χ2v) is 5.05. The van der Waals surface area contributed by atoms with E-state index in [1.165, 1.54) is 19.3 Å². The van der Waals surface area contributed by atoms with E-state index < -0.39 is 0 Å². The summed E-state index contributed by atoms with van der Waals surface area (Å²) in [7, 11) is 0. The minimum Gasteiger partial charge on any atom is -0.377 e. The van der Waals surface area contributed by atoms with Crippen molar-refractivity contribution in [2.24, 2.45) is 0 Å². The topological polar surface area (TPSA) is 21.8 Å². The maximum absolute atomic E-state index is 5.70. The molecule has 0 amide bonds. The van der Waals surface area contributed by atoms with Crippen LogP contribution in [0.1, 0.15) is 32.6 Å². The average Bonchev–Trinajstić information content (AvgIpc) is 2.84. The van der Waals surface area contributed by atoms with Crippen molar-refractivity contribution in [1.82, 2.24) is 0 Å². The standard InChI is InChI=1S/C10H17BrO2/c1-2-12-8-5-6-10-9(13-10)4-3-7(8)11/h7-10H,2-6H2,1H3/t7-,8-,9-,10+/m1/s1. The highest BCUT2D eigenvalue weighted by molar-refractivity contribution is 9.09. The number of hydrogen-bond acceptors (Lipinski definition) is 2. The second kappa shape index (κ2) is 4.28. The maximum atomic E-state index is 5.70. The Morgan fingerprint density at radius 2 is 1.92 bits per heavy atom. The van der Waals surface area contributed by atoms with Gasteiger partial charge in [0.1, 0.15) is 0 Å². The summed E-state index contributed by atoms with van der Waals surface area (Å²) in [6.07, 6.45) is 6.24. The molecular formula is C10H17BrO2. The molecule has 0 bridgehead atoms. The van der Waals surface area contributed by atoms with Gasteiger partial charge in [-0.2, -0.15) is 0 Å². The fourth-order valence-electron chi connectivity index (χ4n) is 2.11. The molecule has 0 aromatic heterocycles. The Morgan fingerprint density at radius 1 is 1.23 bits per heavy atom. The lowest BCUT2D eigenvalue weighted by atomic mass is 9.98. The molecule has 0 N–H and O–H groups in total. The minimum absolute atomic E-state index is 0.398. The van der Waals surface area contributed by atoms with Crippen molar-refractivity contribution < 1.29 is 9.47 Å². The lowest BCUT2D eigenvalue weighted by Gasteiger charge is -2.23. The average molecular weight is 249 g/mol. The molecular weight excluding hydrogens is 232 g/mol. The highest BCUT2D eigenvalue weighted by Gasteiger charge is 2.41. The van der Waals surface area contributed by atoms with Crippen molar-refractivity contribution in [3.8, 4) is 0 Å². The van der Waals surface area contributed by atoms with Crippen LogP contribution in [0.25, 0.3) is 0 Å².